The molecule has 1 aliphatic rings. The van der Waals surface area contributed by atoms with Crippen molar-refractivity contribution in [3.63, 3.8) is 0 Å². The summed E-state index contributed by atoms with van der Waals surface area (Å²) in [5.74, 6) is -1.96. The van der Waals surface area contributed by atoms with E-state index in [-0.39, 0.29) is 11.3 Å². The number of benzene rings is 2. The minimum absolute atomic E-state index is 0.0454. The van der Waals surface area contributed by atoms with Crippen LogP contribution in [0.4, 0.5) is 4.39 Å². The summed E-state index contributed by atoms with van der Waals surface area (Å²) in [5.41, 5.74) is 2.89. The summed E-state index contributed by atoms with van der Waals surface area (Å²) >= 11 is 0. The number of ketones is 1. The third-order valence-electron chi connectivity index (χ3n) is 5.23. The molecule has 1 saturated heterocycles. The molecule has 5 nitrogen and oxygen atoms in total. The van der Waals surface area contributed by atoms with Gasteiger partial charge >= 0.3 is 0 Å². The lowest BCUT2D eigenvalue weighted by Gasteiger charge is -2.25. The van der Waals surface area contributed by atoms with E-state index in [0.717, 1.165) is 16.0 Å². The highest BCUT2D eigenvalue weighted by atomic mass is 19.1. The zero-order valence-electron chi connectivity index (χ0n) is 17.1. The van der Waals surface area contributed by atoms with Crippen molar-refractivity contribution in [1.82, 2.24) is 4.90 Å². The van der Waals surface area contributed by atoms with E-state index in [2.05, 4.69) is 0 Å². The predicted molar refractivity (Wildman–Crippen MR) is 109 cm³/mol. The van der Waals surface area contributed by atoms with E-state index >= 15 is 0 Å². The summed E-state index contributed by atoms with van der Waals surface area (Å²) in [7, 11) is 3.92. The Kier molecular flexibility index (Phi) is 5.84. The third kappa shape index (κ3) is 4.07. The molecule has 6 heteroatoms. The van der Waals surface area contributed by atoms with Gasteiger partial charge < -0.3 is 14.9 Å². The number of halogens is 1. The smallest absolute Gasteiger partial charge is 0.295 e. The topological polar surface area (TPSA) is 62.0 Å². The summed E-state index contributed by atoms with van der Waals surface area (Å²) in [4.78, 5) is 28.3. The zero-order chi connectivity index (χ0) is 21.3. The van der Waals surface area contributed by atoms with Crippen LogP contribution in [0.1, 0.15) is 28.3 Å². The molecule has 29 heavy (non-hydrogen) atoms. The number of amides is 1. The molecule has 1 fully saturated rings. The van der Waals surface area contributed by atoms with Crippen LogP contribution in [-0.2, 0) is 9.59 Å². The van der Waals surface area contributed by atoms with Gasteiger partial charge in [0, 0.05) is 5.56 Å². The quantitative estimate of drug-likeness (QED) is 0.461. The largest absolute Gasteiger partial charge is 0.507 e. The number of aliphatic hydroxyl groups excluding tert-OH is 1. The van der Waals surface area contributed by atoms with Crippen LogP contribution >= 0.6 is 0 Å². The number of hydrogen-bond acceptors (Lipinski definition) is 3. The van der Waals surface area contributed by atoms with Crippen LogP contribution in [-0.4, -0.2) is 48.9 Å². The Morgan fingerprint density at radius 1 is 1.10 bits per heavy atom. The second-order valence-electron chi connectivity index (χ2n) is 7.82. The van der Waals surface area contributed by atoms with Crippen molar-refractivity contribution in [3.8, 4) is 0 Å². The van der Waals surface area contributed by atoms with Crippen LogP contribution in [0.2, 0.25) is 0 Å². The van der Waals surface area contributed by atoms with E-state index in [0.29, 0.717) is 24.2 Å². The normalized spacial score (nSPS) is 18.7. The first-order chi connectivity index (χ1) is 13.7. The summed E-state index contributed by atoms with van der Waals surface area (Å²) in [5, 5.41) is 11.1. The number of aryl methyl sites for hydroxylation is 2. The molecule has 2 aromatic carbocycles. The molecule has 0 saturated carbocycles. The first kappa shape index (κ1) is 20.7. The summed E-state index contributed by atoms with van der Waals surface area (Å²) in [6, 6.07) is 10.5. The van der Waals surface area contributed by atoms with Gasteiger partial charge in [0.25, 0.3) is 11.7 Å². The molecule has 1 heterocycles. The van der Waals surface area contributed by atoms with E-state index in [4.69, 9.17) is 0 Å². The molecule has 0 aliphatic carbocycles. The number of likely N-dealkylation sites (N-methyl/N-ethyl adjacent to an activating group) is 1. The van der Waals surface area contributed by atoms with E-state index < -0.39 is 23.5 Å². The monoisotopic (exact) mass is 397 g/mol. The number of carbonyl (C=O) groups excluding carboxylic acids is 2. The van der Waals surface area contributed by atoms with Crippen LogP contribution in [0.15, 0.2) is 48.0 Å². The lowest BCUT2D eigenvalue weighted by Crippen LogP contribution is -3.06. The van der Waals surface area contributed by atoms with Crippen LogP contribution in [0.25, 0.3) is 5.76 Å². The molecule has 2 aromatic rings. The van der Waals surface area contributed by atoms with Gasteiger partial charge in [-0.1, -0.05) is 29.8 Å². The zero-order valence-corrected chi connectivity index (χ0v) is 17.1. The summed E-state index contributed by atoms with van der Waals surface area (Å²) < 4.78 is 13.5. The molecular weight excluding hydrogens is 371 g/mol. The number of hydrogen-bond donors (Lipinski definition) is 2. The minimum Gasteiger partial charge on any atom is -0.507 e. The highest BCUT2D eigenvalue weighted by molar-refractivity contribution is 6.46. The second-order valence-corrected chi connectivity index (χ2v) is 7.82. The van der Waals surface area contributed by atoms with Gasteiger partial charge in [0.2, 0.25) is 0 Å². The molecule has 1 amide bonds. The Bertz CT molecular complexity index is 980. The fraction of sp³-hybridized carbons (Fsp3) is 0.304. The fourth-order valence-corrected chi connectivity index (χ4v) is 3.58. The van der Waals surface area contributed by atoms with E-state index in [1.807, 2.05) is 40.1 Å². The highest BCUT2D eigenvalue weighted by Gasteiger charge is 2.46. The third-order valence-corrected chi connectivity index (χ3v) is 5.23. The highest BCUT2D eigenvalue weighted by Crippen LogP contribution is 2.39. The van der Waals surface area contributed by atoms with Crippen LogP contribution in [0.5, 0.6) is 0 Å². The van der Waals surface area contributed by atoms with E-state index in [1.54, 1.807) is 18.2 Å². The molecule has 0 aromatic heterocycles. The number of Topliss-reactive ketones (excluding diaryl/α,β-unsaturated/α-hetero) is 1. The Morgan fingerprint density at radius 2 is 1.76 bits per heavy atom. The Morgan fingerprint density at radius 3 is 2.38 bits per heavy atom. The van der Waals surface area contributed by atoms with Crippen molar-refractivity contribution >= 4 is 17.4 Å². The van der Waals surface area contributed by atoms with E-state index in [1.165, 1.54) is 17.0 Å². The average Bonchev–Trinajstić information content (AvgIpc) is 2.93. The number of nitrogens with zero attached hydrogens (tertiary/aromatic N) is 1. The molecule has 1 atom stereocenters. The maximum Gasteiger partial charge on any atom is 0.295 e. The summed E-state index contributed by atoms with van der Waals surface area (Å²) in [6.45, 7) is 4.71. The minimum atomic E-state index is -0.755. The maximum absolute atomic E-state index is 13.5. The lowest BCUT2D eigenvalue weighted by atomic mass is 9.93. The SMILES string of the molecule is Cc1ccc(C)c(C(O)=C2C(=O)C(=O)N(CC[NH+](C)C)C2c2ccc(F)cc2)c1. The average molecular weight is 397 g/mol. The van der Waals surface area contributed by atoms with Gasteiger partial charge in [-0.15, -0.1) is 0 Å². The van der Waals surface area contributed by atoms with Crippen molar-refractivity contribution in [2.45, 2.75) is 19.9 Å². The van der Waals surface area contributed by atoms with Gasteiger partial charge in [-0.05, 0) is 43.2 Å². The van der Waals surface area contributed by atoms with Gasteiger partial charge in [-0.2, -0.15) is 0 Å². The van der Waals surface area contributed by atoms with Gasteiger partial charge in [0.15, 0.2) is 0 Å². The maximum atomic E-state index is 13.5. The molecule has 2 N–H and O–H groups in total. The fourth-order valence-electron chi connectivity index (χ4n) is 3.58. The van der Waals surface area contributed by atoms with Crippen molar-refractivity contribution in [2.24, 2.45) is 0 Å². The van der Waals surface area contributed by atoms with Crippen molar-refractivity contribution in [2.75, 3.05) is 27.2 Å². The van der Waals surface area contributed by atoms with E-state index in [9.17, 15) is 19.1 Å². The van der Waals surface area contributed by atoms with Gasteiger partial charge in [-0.25, -0.2) is 4.39 Å². The Labute approximate surface area is 170 Å². The van der Waals surface area contributed by atoms with Gasteiger partial charge in [0.05, 0.1) is 38.8 Å². The van der Waals surface area contributed by atoms with Crippen molar-refractivity contribution < 1.29 is 24.0 Å². The van der Waals surface area contributed by atoms with Gasteiger partial charge in [-0.3, -0.25) is 9.59 Å². The molecule has 152 valence electrons. The van der Waals surface area contributed by atoms with Crippen molar-refractivity contribution in [1.29, 1.82) is 0 Å². The first-order valence-corrected chi connectivity index (χ1v) is 9.61. The van der Waals surface area contributed by atoms with Crippen LogP contribution in [0.3, 0.4) is 0 Å². The van der Waals surface area contributed by atoms with Crippen molar-refractivity contribution in [3.05, 3.63) is 76.1 Å². The second kappa shape index (κ2) is 8.17. The molecule has 0 radical (unpaired) electrons. The number of quaternary nitrogens is 1. The number of carbonyl (C=O) groups is 2. The summed E-state index contributed by atoms with van der Waals surface area (Å²) in [6.07, 6.45) is 0. The first-order valence-electron chi connectivity index (χ1n) is 9.61. The Balaban J connectivity index is 2.19. The number of likely N-dealkylation sites (tertiary alicyclic amines) is 1. The van der Waals surface area contributed by atoms with Gasteiger partial charge in [0.1, 0.15) is 11.6 Å². The number of aliphatic hydroxyl groups is 1. The molecule has 0 bridgehead atoms. The van der Waals surface area contributed by atoms with Crippen LogP contribution in [0, 0.1) is 19.7 Å². The predicted octanol–water partition coefficient (Wildman–Crippen LogP) is 2.01. The number of rotatable bonds is 5. The molecule has 1 aliphatic heterocycles. The molecule has 3 rings (SSSR count). The Hall–Kier alpha value is -2.99. The standard InChI is InChI=1S/C23H25FN2O3/c1-14-5-6-15(2)18(13-14)21(27)19-20(16-7-9-17(24)10-8-16)26(12-11-25(3)4)23(29)22(19)28/h5-10,13,20,27H,11-12H2,1-4H3/p+1. The molecule has 1 unspecified atom stereocenters. The van der Waals surface area contributed by atoms with Crippen LogP contribution < -0.4 is 4.90 Å². The molecule has 0 spiro atoms. The lowest BCUT2D eigenvalue weighted by molar-refractivity contribution is -0.857. The molecular formula is C23H26FN2O3+. The number of nitrogens with one attached hydrogen (secondary N) is 1.